The minimum absolute atomic E-state index is 0.314. The molecule has 26 heavy (non-hydrogen) atoms. The Kier molecular flexibility index (Phi) is 17.9. The first kappa shape index (κ1) is 24.1. The fourth-order valence-electron chi connectivity index (χ4n) is 2.80. The third-order valence-corrected chi connectivity index (χ3v) is 4.26. The first-order valence-electron chi connectivity index (χ1n) is 10.1. The van der Waals surface area contributed by atoms with Crippen LogP contribution in [-0.2, 0) is 9.59 Å². The lowest BCUT2D eigenvalue weighted by Crippen LogP contribution is -1.93. The third kappa shape index (κ3) is 22.1. The van der Waals surface area contributed by atoms with Gasteiger partial charge >= 0.3 is 11.9 Å². The number of rotatable bonds is 16. The maximum atomic E-state index is 10.4. The molecule has 0 saturated carbocycles. The molecule has 0 aliphatic rings. The van der Waals surface area contributed by atoms with Crippen molar-refractivity contribution in [2.45, 2.75) is 103 Å². The minimum atomic E-state index is -1.13. The van der Waals surface area contributed by atoms with E-state index in [1.165, 1.54) is 70.6 Å². The second-order valence-corrected chi connectivity index (χ2v) is 6.70. The number of hydrogen-bond acceptors (Lipinski definition) is 2. The summed E-state index contributed by atoms with van der Waals surface area (Å²) in [7, 11) is 0. The molecule has 0 aromatic carbocycles. The second kappa shape index (κ2) is 19.4. The molecule has 2 N–H and O–H groups in total. The van der Waals surface area contributed by atoms with Crippen LogP contribution >= 0.6 is 0 Å². The largest absolute Gasteiger partial charge is 0.481 e. The van der Waals surface area contributed by atoms with E-state index in [4.69, 9.17) is 10.2 Å². The van der Waals surface area contributed by atoms with Crippen molar-refractivity contribution >= 4 is 11.9 Å². The average Bonchev–Trinajstić information content (AvgIpc) is 2.59. The Morgan fingerprint density at radius 1 is 0.577 bits per heavy atom. The summed E-state index contributed by atoms with van der Waals surface area (Å²) < 4.78 is 0. The van der Waals surface area contributed by atoms with Crippen molar-refractivity contribution in [3.05, 3.63) is 0 Å². The lowest BCUT2D eigenvalue weighted by atomic mass is 10.0. The molecule has 0 amide bonds. The summed E-state index contributed by atoms with van der Waals surface area (Å²) in [5.74, 6) is 7.91. The van der Waals surface area contributed by atoms with E-state index in [0.29, 0.717) is 6.42 Å². The molecule has 0 spiro atoms. The molecule has 4 nitrogen and oxygen atoms in total. The molecule has 0 aliphatic heterocycles. The highest BCUT2D eigenvalue weighted by molar-refractivity contribution is 5.87. The van der Waals surface area contributed by atoms with Gasteiger partial charge in [0.05, 0.1) is 0 Å². The van der Waals surface area contributed by atoms with Gasteiger partial charge in [-0.2, -0.15) is 0 Å². The van der Waals surface area contributed by atoms with Crippen LogP contribution in [0.2, 0.25) is 0 Å². The Balaban J connectivity index is 3.15. The Morgan fingerprint density at radius 3 is 1.42 bits per heavy atom. The highest BCUT2D eigenvalue weighted by Gasteiger charge is 1.97. The van der Waals surface area contributed by atoms with E-state index in [0.717, 1.165) is 25.7 Å². The molecular formula is C22H34O4. The van der Waals surface area contributed by atoms with Crippen molar-refractivity contribution in [3.8, 4) is 23.7 Å². The van der Waals surface area contributed by atoms with Crippen molar-refractivity contribution in [2.24, 2.45) is 0 Å². The van der Waals surface area contributed by atoms with Crippen molar-refractivity contribution in [1.29, 1.82) is 0 Å². The highest BCUT2D eigenvalue weighted by Crippen LogP contribution is 2.13. The lowest BCUT2D eigenvalue weighted by Gasteiger charge is -2.03. The van der Waals surface area contributed by atoms with Gasteiger partial charge in [-0.05, 0) is 24.7 Å². The molecule has 4 heteroatoms. The molecule has 0 radical (unpaired) electrons. The zero-order valence-corrected chi connectivity index (χ0v) is 16.0. The van der Waals surface area contributed by atoms with E-state index in [9.17, 15) is 9.59 Å². The summed E-state index contributed by atoms with van der Waals surface area (Å²) >= 11 is 0. The summed E-state index contributed by atoms with van der Waals surface area (Å²) in [5, 5.41) is 16.9. The van der Waals surface area contributed by atoms with E-state index in [2.05, 4.69) is 17.8 Å². The zero-order valence-electron chi connectivity index (χ0n) is 16.0. The number of carbonyl (C=O) groups is 2. The molecule has 0 fully saturated rings. The van der Waals surface area contributed by atoms with Crippen molar-refractivity contribution < 1.29 is 19.8 Å². The Hall–Kier alpha value is -1.94. The normalized spacial score (nSPS) is 9.69. The molecule has 0 atom stereocenters. The predicted octanol–water partition coefficient (Wildman–Crippen LogP) is 5.40. The SMILES string of the molecule is O=C(O)C#CC#CCCCCCCCCCCCCCCCCC(=O)O. The number of unbranched alkanes of at least 4 members (excludes halogenated alkanes) is 14. The molecule has 146 valence electrons. The fourth-order valence-corrected chi connectivity index (χ4v) is 2.80. The van der Waals surface area contributed by atoms with Gasteiger partial charge in [-0.3, -0.25) is 4.79 Å². The van der Waals surface area contributed by atoms with E-state index in [-0.39, 0.29) is 0 Å². The van der Waals surface area contributed by atoms with E-state index < -0.39 is 11.9 Å². The number of hydrogen-bond donors (Lipinski definition) is 2. The fraction of sp³-hybridized carbons (Fsp3) is 0.727. The Labute approximate surface area is 158 Å². The van der Waals surface area contributed by atoms with Crippen LogP contribution in [0.25, 0.3) is 0 Å². The van der Waals surface area contributed by atoms with E-state index in [1.54, 1.807) is 0 Å². The molecule has 0 bridgehead atoms. The van der Waals surface area contributed by atoms with Crippen LogP contribution < -0.4 is 0 Å². The maximum Gasteiger partial charge on any atom is 0.382 e. The summed E-state index contributed by atoms with van der Waals surface area (Å²) in [6.07, 6.45) is 18.0. The molecule has 0 saturated heterocycles. The standard InChI is InChI=1S/C22H34O4/c23-21(24)19-17-15-13-11-9-7-5-3-1-2-4-6-8-10-12-14-16-18-20-22(25)26/h1-13,15,17,19H2,(H,23,24)(H,25,26). The number of aliphatic carboxylic acids is 2. The topological polar surface area (TPSA) is 74.6 Å². The van der Waals surface area contributed by atoms with Crippen molar-refractivity contribution in [1.82, 2.24) is 0 Å². The van der Waals surface area contributed by atoms with E-state index in [1.807, 2.05) is 5.92 Å². The van der Waals surface area contributed by atoms with Gasteiger partial charge in [0.2, 0.25) is 0 Å². The molecule has 0 rings (SSSR count). The molecule has 0 heterocycles. The van der Waals surface area contributed by atoms with Gasteiger partial charge in [-0.15, -0.1) is 0 Å². The predicted molar refractivity (Wildman–Crippen MR) is 105 cm³/mol. The molecule has 0 aromatic heterocycles. The average molecular weight is 363 g/mol. The van der Waals surface area contributed by atoms with Crippen molar-refractivity contribution in [2.75, 3.05) is 0 Å². The summed E-state index contributed by atoms with van der Waals surface area (Å²) in [4.78, 5) is 20.5. The quantitative estimate of drug-likeness (QED) is 0.285. The van der Waals surface area contributed by atoms with Gasteiger partial charge < -0.3 is 10.2 Å². The lowest BCUT2D eigenvalue weighted by molar-refractivity contribution is -0.137. The number of carboxylic acid groups (broad SMARTS) is 2. The molecular weight excluding hydrogens is 328 g/mol. The Morgan fingerprint density at radius 2 is 1.00 bits per heavy atom. The van der Waals surface area contributed by atoms with Gasteiger partial charge in [0, 0.05) is 18.8 Å². The van der Waals surface area contributed by atoms with Gasteiger partial charge in [-0.1, -0.05) is 83.0 Å². The first-order valence-corrected chi connectivity index (χ1v) is 10.1. The maximum absolute atomic E-state index is 10.4. The molecule has 0 aromatic rings. The zero-order chi connectivity index (χ0) is 19.3. The molecule has 0 unspecified atom stereocenters. The van der Waals surface area contributed by atoms with Gasteiger partial charge in [0.15, 0.2) is 0 Å². The minimum Gasteiger partial charge on any atom is -0.481 e. The summed E-state index contributed by atoms with van der Waals surface area (Å²) in [5.41, 5.74) is 0. The van der Waals surface area contributed by atoms with Gasteiger partial charge in [0.1, 0.15) is 0 Å². The second-order valence-electron chi connectivity index (χ2n) is 6.70. The highest BCUT2D eigenvalue weighted by atomic mass is 16.4. The Bertz CT molecular complexity index is 488. The van der Waals surface area contributed by atoms with Gasteiger partial charge in [0.25, 0.3) is 0 Å². The summed E-state index contributed by atoms with van der Waals surface area (Å²) in [6.45, 7) is 0. The van der Waals surface area contributed by atoms with Crippen LogP contribution in [0.4, 0.5) is 0 Å². The van der Waals surface area contributed by atoms with E-state index >= 15 is 0 Å². The number of carboxylic acids is 2. The summed E-state index contributed by atoms with van der Waals surface area (Å²) in [6, 6.07) is 0. The van der Waals surface area contributed by atoms with Crippen LogP contribution in [0, 0.1) is 23.7 Å². The van der Waals surface area contributed by atoms with Crippen LogP contribution in [0.5, 0.6) is 0 Å². The smallest absolute Gasteiger partial charge is 0.382 e. The first-order chi connectivity index (χ1) is 12.6. The van der Waals surface area contributed by atoms with Crippen LogP contribution in [0.1, 0.15) is 103 Å². The van der Waals surface area contributed by atoms with Crippen molar-refractivity contribution in [3.63, 3.8) is 0 Å². The monoisotopic (exact) mass is 362 g/mol. The van der Waals surface area contributed by atoms with Crippen LogP contribution in [0.15, 0.2) is 0 Å². The van der Waals surface area contributed by atoms with Gasteiger partial charge in [-0.25, -0.2) is 4.79 Å². The van der Waals surface area contributed by atoms with Crippen LogP contribution in [-0.4, -0.2) is 22.2 Å². The van der Waals surface area contributed by atoms with Crippen LogP contribution in [0.3, 0.4) is 0 Å². The molecule has 0 aliphatic carbocycles. The third-order valence-electron chi connectivity index (χ3n) is 4.26.